The van der Waals surface area contributed by atoms with Gasteiger partial charge in [0, 0.05) is 27.5 Å². The molecule has 0 aliphatic rings. The molecule has 63 heavy (non-hydrogen) atoms. The molecule has 0 bridgehead atoms. The molecule has 0 radical (unpaired) electrons. The van der Waals surface area contributed by atoms with E-state index in [-0.39, 0.29) is 0 Å². The van der Waals surface area contributed by atoms with Gasteiger partial charge < -0.3 is 4.42 Å². The van der Waals surface area contributed by atoms with Crippen molar-refractivity contribution in [2.24, 2.45) is 0 Å². The van der Waals surface area contributed by atoms with E-state index in [0.717, 1.165) is 77.6 Å². The lowest BCUT2D eigenvalue weighted by Gasteiger charge is -2.11. The molecule has 0 N–H and O–H groups in total. The summed E-state index contributed by atoms with van der Waals surface area (Å²) < 4.78 is 6.61. The fourth-order valence-electron chi connectivity index (χ4n) is 8.36. The van der Waals surface area contributed by atoms with Crippen molar-refractivity contribution in [3.63, 3.8) is 0 Å². The summed E-state index contributed by atoms with van der Waals surface area (Å²) in [6.07, 6.45) is 0. The molecule has 5 heteroatoms. The summed E-state index contributed by atoms with van der Waals surface area (Å²) in [7, 11) is 0. The van der Waals surface area contributed by atoms with Gasteiger partial charge >= 0.3 is 0 Å². The minimum atomic E-state index is 0.537. The summed E-state index contributed by atoms with van der Waals surface area (Å²) in [6, 6.07) is 77.0. The second-order valence-electron chi connectivity index (χ2n) is 15.5. The molecule has 0 fully saturated rings. The largest absolute Gasteiger partial charge is 0.456 e. The second-order valence-corrected chi connectivity index (χ2v) is 15.5. The molecule has 0 saturated heterocycles. The summed E-state index contributed by atoms with van der Waals surface area (Å²) in [5.74, 6) is 1.65. The highest BCUT2D eigenvalue weighted by atomic mass is 16.3. The van der Waals surface area contributed by atoms with Crippen molar-refractivity contribution in [2.75, 3.05) is 0 Å². The van der Waals surface area contributed by atoms with Crippen molar-refractivity contribution < 1.29 is 4.42 Å². The zero-order valence-electron chi connectivity index (χ0n) is 34.0. The monoisotopic (exact) mass is 804 g/mol. The van der Waals surface area contributed by atoms with Crippen LogP contribution in [0.15, 0.2) is 223 Å². The number of aromatic nitrogens is 3. The molecular weight excluding hydrogens is 769 g/mol. The second kappa shape index (κ2) is 16.0. The Labute approximate surface area is 364 Å². The lowest BCUT2D eigenvalue weighted by molar-refractivity contribution is 0.669. The number of hydrogen-bond acceptors (Lipinski definition) is 5. The maximum absolute atomic E-state index is 9.39. The lowest BCUT2D eigenvalue weighted by Crippen LogP contribution is -2.00. The molecule has 0 saturated carbocycles. The van der Waals surface area contributed by atoms with Gasteiger partial charge in [0.2, 0.25) is 0 Å². The van der Waals surface area contributed by atoms with Crippen LogP contribution in [0.5, 0.6) is 0 Å². The van der Waals surface area contributed by atoms with Crippen LogP contribution >= 0.6 is 0 Å². The number of benzene rings is 9. The molecule has 9 aromatic carbocycles. The van der Waals surface area contributed by atoms with E-state index in [0.29, 0.717) is 23.0 Å². The first-order valence-corrected chi connectivity index (χ1v) is 20.9. The number of fused-ring (bicyclic) bond motifs is 3. The quantitative estimate of drug-likeness (QED) is 0.153. The van der Waals surface area contributed by atoms with Gasteiger partial charge in [-0.15, -0.1) is 0 Å². The molecule has 294 valence electrons. The van der Waals surface area contributed by atoms with Crippen LogP contribution in [0.1, 0.15) is 5.56 Å². The molecule has 2 aromatic heterocycles. The van der Waals surface area contributed by atoms with Gasteiger partial charge in [-0.05, 0) is 104 Å². The third-order valence-corrected chi connectivity index (χ3v) is 11.6. The maximum atomic E-state index is 9.39. The van der Waals surface area contributed by atoms with Crippen LogP contribution in [0.25, 0.3) is 112 Å². The maximum Gasteiger partial charge on any atom is 0.164 e. The molecule has 0 spiro atoms. The van der Waals surface area contributed by atoms with Gasteiger partial charge in [-0.25, -0.2) is 15.0 Å². The van der Waals surface area contributed by atoms with E-state index in [1.54, 1.807) is 0 Å². The minimum Gasteiger partial charge on any atom is -0.456 e. The fourth-order valence-corrected chi connectivity index (χ4v) is 8.36. The van der Waals surface area contributed by atoms with Gasteiger partial charge in [0.15, 0.2) is 17.5 Å². The Balaban J connectivity index is 1.02. The van der Waals surface area contributed by atoms with Crippen LogP contribution in [0.3, 0.4) is 0 Å². The average Bonchev–Trinajstić information content (AvgIpc) is 3.75. The number of furan rings is 1. The molecule has 11 aromatic rings. The van der Waals surface area contributed by atoms with Crippen molar-refractivity contribution in [1.82, 2.24) is 15.0 Å². The predicted molar refractivity (Wildman–Crippen MR) is 255 cm³/mol. The average molecular weight is 805 g/mol. The van der Waals surface area contributed by atoms with Crippen LogP contribution in [-0.2, 0) is 0 Å². The van der Waals surface area contributed by atoms with E-state index < -0.39 is 0 Å². The highest BCUT2D eigenvalue weighted by Crippen LogP contribution is 2.40. The standard InChI is InChI=1S/C58H36N4O/c59-37-38-23-25-42(26-24-38)45-16-8-19-48(34-45)56-60-57(49-20-9-17-46(35-49)43-29-27-41(28-30-43)39-11-3-1-4-12-39)62-58(61-56)50-31-32-52-54(36-50)63-53-22-10-21-51(55(52)53)47-18-7-15-44(33-47)40-13-5-2-6-14-40/h1-36H. The summed E-state index contributed by atoms with van der Waals surface area (Å²) in [5.41, 5.74) is 15.8. The van der Waals surface area contributed by atoms with Crippen LogP contribution in [0, 0.1) is 11.3 Å². The Hall–Kier alpha value is -8.72. The zero-order chi connectivity index (χ0) is 42.1. The van der Waals surface area contributed by atoms with Crippen LogP contribution in [0.4, 0.5) is 0 Å². The Bertz CT molecular complexity index is 3500. The summed E-state index contributed by atoms with van der Waals surface area (Å²) in [4.78, 5) is 15.4. The van der Waals surface area contributed by atoms with E-state index in [9.17, 15) is 5.26 Å². The van der Waals surface area contributed by atoms with Crippen molar-refractivity contribution >= 4 is 21.9 Å². The first kappa shape index (κ1) is 37.3. The van der Waals surface area contributed by atoms with Gasteiger partial charge in [0.1, 0.15) is 11.2 Å². The fraction of sp³-hybridized carbons (Fsp3) is 0. The molecule has 0 amide bonds. The van der Waals surface area contributed by atoms with E-state index in [2.05, 4.69) is 164 Å². The molecule has 0 aliphatic heterocycles. The van der Waals surface area contributed by atoms with Crippen molar-refractivity contribution in [2.45, 2.75) is 0 Å². The van der Waals surface area contributed by atoms with Gasteiger partial charge in [0.25, 0.3) is 0 Å². The Morgan fingerprint density at radius 1 is 0.317 bits per heavy atom. The number of nitrogens with zero attached hydrogens (tertiary/aromatic N) is 4. The van der Waals surface area contributed by atoms with Crippen LogP contribution < -0.4 is 0 Å². The van der Waals surface area contributed by atoms with Gasteiger partial charge in [0.05, 0.1) is 11.6 Å². The Morgan fingerprint density at radius 3 is 1.27 bits per heavy atom. The van der Waals surface area contributed by atoms with E-state index in [1.807, 2.05) is 60.7 Å². The highest BCUT2D eigenvalue weighted by molar-refractivity contribution is 6.13. The normalized spacial score (nSPS) is 11.2. The predicted octanol–water partition coefficient (Wildman–Crippen LogP) is 15.0. The van der Waals surface area contributed by atoms with Gasteiger partial charge in [-0.1, -0.05) is 170 Å². The molecule has 2 heterocycles. The smallest absolute Gasteiger partial charge is 0.164 e. The van der Waals surface area contributed by atoms with E-state index in [4.69, 9.17) is 19.4 Å². The number of nitriles is 1. The van der Waals surface area contributed by atoms with Gasteiger partial charge in [-0.2, -0.15) is 5.26 Å². The Kier molecular flexibility index (Phi) is 9.50. The lowest BCUT2D eigenvalue weighted by atomic mass is 9.96. The third-order valence-electron chi connectivity index (χ3n) is 11.6. The molecular formula is C58H36N4O. The molecule has 0 atom stereocenters. The molecule has 0 unspecified atom stereocenters. The Morgan fingerprint density at radius 2 is 0.714 bits per heavy atom. The first-order chi connectivity index (χ1) is 31.1. The third kappa shape index (κ3) is 7.33. The summed E-state index contributed by atoms with van der Waals surface area (Å²) in [6.45, 7) is 0. The summed E-state index contributed by atoms with van der Waals surface area (Å²) >= 11 is 0. The first-order valence-electron chi connectivity index (χ1n) is 20.9. The molecule has 11 rings (SSSR count). The minimum absolute atomic E-state index is 0.537. The number of rotatable bonds is 8. The summed E-state index contributed by atoms with van der Waals surface area (Å²) in [5, 5.41) is 11.5. The van der Waals surface area contributed by atoms with E-state index >= 15 is 0 Å². The van der Waals surface area contributed by atoms with Gasteiger partial charge in [-0.3, -0.25) is 0 Å². The zero-order valence-corrected chi connectivity index (χ0v) is 34.0. The van der Waals surface area contributed by atoms with Crippen molar-refractivity contribution in [1.29, 1.82) is 5.26 Å². The highest BCUT2D eigenvalue weighted by Gasteiger charge is 2.18. The topological polar surface area (TPSA) is 75.6 Å². The van der Waals surface area contributed by atoms with Crippen LogP contribution in [0.2, 0.25) is 0 Å². The number of hydrogen-bond donors (Lipinski definition) is 0. The van der Waals surface area contributed by atoms with Crippen molar-refractivity contribution in [3.05, 3.63) is 224 Å². The molecule has 0 aliphatic carbocycles. The van der Waals surface area contributed by atoms with Crippen LogP contribution in [-0.4, -0.2) is 15.0 Å². The SMILES string of the molecule is N#Cc1ccc(-c2cccc(-c3nc(-c4cccc(-c5ccc(-c6ccccc6)cc5)c4)nc(-c4ccc5c(c4)oc4cccc(-c6cccc(-c7ccccc7)c6)c45)n3)c2)cc1. The van der Waals surface area contributed by atoms with E-state index in [1.165, 1.54) is 16.7 Å². The van der Waals surface area contributed by atoms with Crippen molar-refractivity contribution in [3.8, 4) is 95.9 Å². The molecule has 5 nitrogen and oxygen atoms in total.